The van der Waals surface area contributed by atoms with Crippen molar-refractivity contribution in [3.05, 3.63) is 34.3 Å². The van der Waals surface area contributed by atoms with Crippen molar-refractivity contribution in [2.24, 2.45) is 0 Å². The maximum Gasteiger partial charge on any atom is 0.0332 e. The maximum absolute atomic E-state index is 3.65. The molecule has 0 radical (unpaired) electrons. The van der Waals surface area contributed by atoms with Gasteiger partial charge in [0.25, 0.3) is 0 Å². The Balaban J connectivity index is 2.02. The van der Waals surface area contributed by atoms with E-state index in [1.54, 1.807) is 0 Å². The smallest absolute Gasteiger partial charge is 0.0332 e. The standard InChI is InChI=1S/C14H21BrN2/c1-3-16-8-10-17(11-9-16)12(2)13-6-4-5-7-14(13)15/h4-7,12H,3,8-11H2,1-2H3. The van der Waals surface area contributed by atoms with Gasteiger partial charge >= 0.3 is 0 Å². The highest BCUT2D eigenvalue weighted by molar-refractivity contribution is 9.10. The zero-order valence-corrected chi connectivity index (χ0v) is 12.3. The molecule has 1 aromatic rings. The molecule has 1 aromatic carbocycles. The first-order chi connectivity index (χ1) is 8.22. The van der Waals surface area contributed by atoms with Crippen LogP contribution in [0.1, 0.15) is 25.5 Å². The predicted octanol–water partition coefficient (Wildman–Crippen LogP) is 3.15. The molecule has 1 heterocycles. The average Bonchev–Trinajstić information content (AvgIpc) is 2.39. The van der Waals surface area contributed by atoms with E-state index in [4.69, 9.17) is 0 Å². The summed E-state index contributed by atoms with van der Waals surface area (Å²) in [6, 6.07) is 9.06. The number of hydrogen-bond acceptors (Lipinski definition) is 2. The summed E-state index contributed by atoms with van der Waals surface area (Å²) in [5, 5.41) is 0. The van der Waals surface area contributed by atoms with Gasteiger partial charge in [-0.3, -0.25) is 4.90 Å². The molecule has 1 atom stereocenters. The molecule has 1 aliphatic rings. The molecular formula is C14H21BrN2. The molecule has 1 saturated heterocycles. The van der Waals surface area contributed by atoms with Crippen LogP contribution in [0.2, 0.25) is 0 Å². The van der Waals surface area contributed by atoms with Crippen LogP contribution in [-0.4, -0.2) is 42.5 Å². The lowest BCUT2D eigenvalue weighted by molar-refractivity contribution is 0.106. The van der Waals surface area contributed by atoms with Crippen molar-refractivity contribution in [2.75, 3.05) is 32.7 Å². The van der Waals surface area contributed by atoms with Crippen molar-refractivity contribution >= 4 is 15.9 Å². The second-order valence-electron chi connectivity index (χ2n) is 4.67. The molecule has 0 N–H and O–H groups in total. The minimum Gasteiger partial charge on any atom is -0.301 e. The Bertz CT molecular complexity index is 359. The van der Waals surface area contributed by atoms with Gasteiger partial charge < -0.3 is 4.90 Å². The molecule has 2 rings (SSSR count). The van der Waals surface area contributed by atoms with Crippen LogP contribution in [0, 0.1) is 0 Å². The maximum atomic E-state index is 3.65. The summed E-state index contributed by atoms with van der Waals surface area (Å²) in [7, 11) is 0. The highest BCUT2D eigenvalue weighted by Gasteiger charge is 2.22. The molecule has 0 aromatic heterocycles. The Morgan fingerprint density at radius 1 is 1.18 bits per heavy atom. The molecule has 0 saturated carbocycles. The lowest BCUT2D eigenvalue weighted by atomic mass is 10.1. The number of piperazine rings is 1. The summed E-state index contributed by atoms with van der Waals surface area (Å²) in [6.45, 7) is 10.5. The van der Waals surface area contributed by atoms with Gasteiger partial charge in [0.15, 0.2) is 0 Å². The first-order valence-corrected chi connectivity index (χ1v) is 7.22. The van der Waals surface area contributed by atoms with E-state index < -0.39 is 0 Å². The van der Waals surface area contributed by atoms with Gasteiger partial charge in [0.2, 0.25) is 0 Å². The van der Waals surface area contributed by atoms with E-state index in [0.717, 1.165) is 0 Å². The number of nitrogens with zero attached hydrogens (tertiary/aromatic N) is 2. The third kappa shape index (κ3) is 3.09. The molecule has 1 unspecified atom stereocenters. The largest absolute Gasteiger partial charge is 0.301 e. The van der Waals surface area contributed by atoms with Gasteiger partial charge in [0.05, 0.1) is 0 Å². The molecule has 0 aliphatic carbocycles. The summed E-state index contributed by atoms with van der Waals surface area (Å²) < 4.78 is 1.23. The first kappa shape index (κ1) is 13.1. The Hall–Kier alpha value is -0.380. The highest BCUT2D eigenvalue weighted by atomic mass is 79.9. The number of rotatable bonds is 3. The van der Waals surface area contributed by atoms with Gasteiger partial charge in [-0.05, 0) is 25.1 Å². The molecule has 3 heteroatoms. The SMILES string of the molecule is CCN1CCN(C(C)c2ccccc2Br)CC1. The molecule has 0 amide bonds. The van der Waals surface area contributed by atoms with Gasteiger partial charge in [0, 0.05) is 36.7 Å². The fourth-order valence-corrected chi connectivity index (χ4v) is 3.09. The normalized spacial score (nSPS) is 20.4. The summed E-state index contributed by atoms with van der Waals surface area (Å²) in [5.41, 5.74) is 1.40. The predicted molar refractivity (Wildman–Crippen MR) is 76.2 cm³/mol. The van der Waals surface area contributed by atoms with Crippen LogP contribution in [-0.2, 0) is 0 Å². The van der Waals surface area contributed by atoms with Crippen molar-refractivity contribution < 1.29 is 0 Å². The van der Waals surface area contributed by atoms with E-state index >= 15 is 0 Å². The van der Waals surface area contributed by atoms with Gasteiger partial charge in [-0.15, -0.1) is 0 Å². The van der Waals surface area contributed by atoms with Crippen LogP contribution in [0.3, 0.4) is 0 Å². The molecule has 0 spiro atoms. The molecular weight excluding hydrogens is 276 g/mol. The number of halogens is 1. The second-order valence-corrected chi connectivity index (χ2v) is 5.52. The van der Waals surface area contributed by atoms with Crippen molar-refractivity contribution in [3.63, 3.8) is 0 Å². The van der Waals surface area contributed by atoms with Crippen molar-refractivity contribution in [1.29, 1.82) is 0 Å². The fourth-order valence-electron chi connectivity index (χ4n) is 2.48. The van der Waals surface area contributed by atoms with Crippen LogP contribution in [0.25, 0.3) is 0 Å². The Labute approximate surface area is 113 Å². The number of likely N-dealkylation sites (N-methyl/N-ethyl adjacent to an activating group) is 1. The second kappa shape index (κ2) is 5.98. The van der Waals surface area contributed by atoms with Crippen LogP contribution >= 0.6 is 15.9 Å². The van der Waals surface area contributed by atoms with E-state index in [-0.39, 0.29) is 0 Å². The van der Waals surface area contributed by atoms with E-state index in [1.807, 2.05) is 0 Å². The number of hydrogen-bond donors (Lipinski definition) is 0. The van der Waals surface area contributed by atoms with Crippen LogP contribution in [0.5, 0.6) is 0 Å². The van der Waals surface area contributed by atoms with Crippen LogP contribution in [0.4, 0.5) is 0 Å². The highest BCUT2D eigenvalue weighted by Crippen LogP contribution is 2.27. The molecule has 0 bridgehead atoms. The lowest BCUT2D eigenvalue weighted by Crippen LogP contribution is -2.46. The lowest BCUT2D eigenvalue weighted by Gasteiger charge is -2.38. The van der Waals surface area contributed by atoms with E-state index in [0.29, 0.717) is 6.04 Å². The Morgan fingerprint density at radius 3 is 2.41 bits per heavy atom. The monoisotopic (exact) mass is 296 g/mol. The molecule has 17 heavy (non-hydrogen) atoms. The number of benzene rings is 1. The van der Waals surface area contributed by atoms with Crippen molar-refractivity contribution in [3.8, 4) is 0 Å². The van der Waals surface area contributed by atoms with Crippen LogP contribution in [0.15, 0.2) is 28.7 Å². The van der Waals surface area contributed by atoms with Crippen molar-refractivity contribution in [1.82, 2.24) is 9.80 Å². The van der Waals surface area contributed by atoms with E-state index in [9.17, 15) is 0 Å². The van der Waals surface area contributed by atoms with Crippen molar-refractivity contribution in [2.45, 2.75) is 19.9 Å². The first-order valence-electron chi connectivity index (χ1n) is 6.43. The zero-order chi connectivity index (χ0) is 12.3. The van der Waals surface area contributed by atoms with E-state index in [1.165, 1.54) is 42.8 Å². The van der Waals surface area contributed by atoms with Gasteiger partial charge in [-0.25, -0.2) is 0 Å². The quantitative estimate of drug-likeness (QED) is 0.845. The van der Waals surface area contributed by atoms with Gasteiger partial charge in [0.1, 0.15) is 0 Å². The Morgan fingerprint density at radius 2 is 1.82 bits per heavy atom. The zero-order valence-electron chi connectivity index (χ0n) is 10.7. The third-order valence-corrected chi connectivity index (χ3v) is 4.48. The summed E-state index contributed by atoms with van der Waals surface area (Å²) >= 11 is 3.65. The van der Waals surface area contributed by atoms with Gasteiger partial charge in [-0.2, -0.15) is 0 Å². The average molecular weight is 297 g/mol. The Kier molecular flexibility index (Phi) is 4.60. The van der Waals surface area contributed by atoms with Gasteiger partial charge in [-0.1, -0.05) is 41.1 Å². The summed E-state index contributed by atoms with van der Waals surface area (Å²) in [4.78, 5) is 5.09. The minimum atomic E-state index is 0.504. The molecule has 1 aliphatic heterocycles. The summed E-state index contributed by atoms with van der Waals surface area (Å²) in [5.74, 6) is 0. The minimum absolute atomic E-state index is 0.504. The van der Waals surface area contributed by atoms with E-state index in [2.05, 4.69) is 63.8 Å². The summed E-state index contributed by atoms with van der Waals surface area (Å²) in [6.07, 6.45) is 0. The third-order valence-electron chi connectivity index (χ3n) is 3.76. The fraction of sp³-hybridized carbons (Fsp3) is 0.571. The van der Waals surface area contributed by atoms with Crippen LogP contribution < -0.4 is 0 Å². The molecule has 1 fully saturated rings. The molecule has 2 nitrogen and oxygen atoms in total. The molecule has 94 valence electrons. The topological polar surface area (TPSA) is 6.48 Å².